The fourth-order valence-corrected chi connectivity index (χ4v) is 6.19. The Balaban J connectivity index is 1.64. The molecule has 1 aliphatic carbocycles. The molecule has 0 amide bonds. The number of anilines is 1. The molecular formula is C22H29F2N5O4S. The fourth-order valence-electron chi connectivity index (χ4n) is 4.91. The molecule has 3 heterocycles. The third-order valence-electron chi connectivity index (χ3n) is 6.73. The van der Waals surface area contributed by atoms with Crippen molar-refractivity contribution in [3.63, 3.8) is 0 Å². The molecule has 4 rings (SSSR count). The second-order valence-electron chi connectivity index (χ2n) is 9.20. The van der Waals surface area contributed by atoms with Gasteiger partial charge in [0.25, 0.3) is 12.0 Å². The zero-order chi connectivity index (χ0) is 24.7. The minimum atomic E-state index is -3.37. The van der Waals surface area contributed by atoms with Gasteiger partial charge in [0.1, 0.15) is 5.65 Å². The highest BCUT2D eigenvalue weighted by atomic mass is 32.2. The largest absolute Gasteiger partial charge is 0.388 e. The normalized spacial score (nSPS) is 24.7. The van der Waals surface area contributed by atoms with Crippen LogP contribution in [0.15, 0.2) is 29.7 Å². The van der Waals surface area contributed by atoms with Crippen molar-refractivity contribution < 1.29 is 22.3 Å². The monoisotopic (exact) mass is 497 g/mol. The number of aromatic nitrogens is 3. The van der Waals surface area contributed by atoms with Gasteiger partial charge < -0.3 is 10.4 Å². The number of pyridine rings is 1. The van der Waals surface area contributed by atoms with E-state index in [1.54, 1.807) is 6.92 Å². The highest BCUT2D eigenvalue weighted by Gasteiger charge is 2.40. The van der Waals surface area contributed by atoms with Crippen LogP contribution in [0.1, 0.15) is 57.1 Å². The summed E-state index contributed by atoms with van der Waals surface area (Å²) in [5.74, 6) is 0.109. The van der Waals surface area contributed by atoms with Crippen molar-refractivity contribution in [3.05, 3.63) is 40.8 Å². The Morgan fingerprint density at radius 3 is 2.65 bits per heavy atom. The highest BCUT2D eigenvalue weighted by Crippen LogP contribution is 2.39. The van der Waals surface area contributed by atoms with Gasteiger partial charge in [0, 0.05) is 30.7 Å². The minimum Gasteiger partial charge on any atom is -0.388 e. The van der Waals surface area contributed by atoms with E-state index in [-0.39, 0.29) is 28.8 Å². The molecule has 12 heteroatoms. The molecule has 2 atom stereocenters. The molecule has 1 aliphatic heterocycles. The molecular weight excluding hydrogens is 468 g/mol. The maximum Gasteiger partial charge on any atom is 0.269 e. The van der Waals surface area contributed by atoms with Gasteiger partial charge in [0.2, 0.25) is 16.0 Å². The van der Waals surface area contributed by atoms with Gasteiger partial charge in [0.05, 0.1) is 23.0 Å². The Bertz CT molecular complexity index is 1240. The summed E-state index contributed by atoms with van der Waals surface area (Å²) in [7, 11) is -3.37. The first-order valence-electron chi connectivity index (χ1n) is 11.3. The summed E-state index contributed by atoms with van der Waals surface area (Å²) in [6, 6.07) is 0.333. The highest BCUT2D eigenvalue weighted by molar-refractivity contribution is 7.89. The third kappa shape index (κ3) is 4.71. The first kappa shape index (κ1) is 24.7. The van der Waals surface area contributed by atoms with Crippen LogP contribution in [-0.2, 0) is 10.0 Å². The number of alkyl halides is 2. The lowest BCUT2D eigenvalue weighted by atomic mass is 9.99. The van der Waals surface area contributed by atoms with Crippen LogP contribution in [0.2, 0.25) is 0 Å². The molecule has 1 saturated carbocycles. The van der Waals surface area contributed by atoms with Crippen molar-refractivity contribution in [2.75, 3.05) is 24.2 Å². The average molecular weight is 498 g/mol. The standard InChI is InChI=1S/C22H29F2N5O4S/c1-3-11-34(32,33)28-9-6-15(7-10-28)26-21-25-13-14-12-16(18(23)24)20(30)29(19(14)27-21)17-5-4-8-22(17,2)31/h3,12-13,15,17-18,31H,1,4-11H2,2H3,(H,25,26,27)/t17-,22-/m1/s1. The van der Waals surface area contributed by atoms with Crippen LogP contribution >= 0.6 is 0 Å². The molecule has 9 nitrogen and oxygen atoms in total. The molecule has 1 saturated heterocycles. The van der Waals surface area contributed by atoms with Gasteiger partial charge in [-0.3, -0.25) is 9.36 Å². The molecule has 2 fully saturated rings. The van der Waals surface area contributed by atoms with E-state index in [4.69, 9.17) is 0 Å². The topological polar surface area (TPSA) is 117 Å². The molecule has 186 valence electrons. The molecule has 2 aromatic rings. The van der Waals surface area contributed by atoms with Crippen molar-refractivity contribution in [1.82, 2.24) is 18.8 Å². The number of hydrogen-bond donors (Lipinski definition) is 2. The van der Waals surface area contributed by atoms with Gasteiger partial charge in [-0.25, -0.2) is 26.5 Å². The number of aliphatic hydroxyl groups is 1. The van der Waals surface area contributed by atoms with E-state index >= 15 is 0 Å². The predicted octanol–water partition coefficient (Wildman–Crippen LogP) is 2.60. The fraction of sp³-hybridized carbons (Fsp3) is 0.591. The summed E-state index contributed by atoms with van der Waals surface area (Å²) in [6.07, 6.45) is 2.44. The van der Waals surface area contributed by atoms with Crippen LogP contribution in [0.5, 0.6) is 0 Å². The van der Waals surface area contributed by atoms with E-state index in [9.17, 15) is 27.1 Å². The second kappa shape index (κ2) is 9.31. The van der Waals surface area contributed by atoms with Gasteiger partial charge in [0.15, 0.2) is 0 Å². The first-order valence-corrected chi connectivity index (χ1v) is 12.9. The van der Waals surface area contributed by atoms with E-state index in [0.29, 0.717) is 45.2 Å². The smallest absolute Gasteiger partial charge is 0.269 e. The zero-order valence-corrected chi connectivity index (χ0v) is 19.8. The molecule has 0 aromatic carbocycles. The molecule has 0 bridgehead atoms. The van der Waals surface area contributed by atoms with Crippen LogP contribution < -0.4 is 10.9 Å². The van der Waals surface area contributed by atoms with Crippen LogP contribution in [0.25, 0.3) is 11.0 Å². The summed E-state index contributed by atoms with van der Waals surface area (Å²) in [5, 5.41) is 14.3. The number of sulfonamides is 1. The maximum absolute atomic E-state index is 13.6. The van der Waals surface area contributed by atoms with Gasteiger partial charge >= 0.3 is 0 Å². The predicted molar refractivity (Wildman–Crippen MR) is 124 cm³/mol. The van der Waals surface area contributed by atoms with E-state index in [0.717, 1.165) is 6.07 Å². The SMILES string of the molecule is C=CCS(=O)(=O)N1CCC(Nc2ncc3cc(C(F)F)c(=O)n([C@@H]4CCC[C@@]4(C)O)c3n2)CC1. The summed E-state index contributed by atoms with van der Waals surface area (Å²) in [4.78, 5) is 21.7. The molecule has 0 spiro atoms. The van der Waals surface area contributed by atoms with Crippen molar-refractivity contribution in [3.8, 4) is 0 Å². The number of nitrogens with one attached hydrogen (secondary N) is 1. The van der Waals surface area contributed by atoms with Crippen molar-refractivity contribution in [2.45, 2.75) is 63.1 Å². The quantitative estimate of drug-likeness (QED) is 0.565. The Morgan fingerprint density at radius 1 is 1.35 bits per heavy atom. The van der Waals surface area contributed by atoms with E-state index in [1.807, 2.05) is 0 Å². The Kier molecular flexibility index (Phi) is 6.76. The zero-order valence-electron chi connectivity index (χ0n) is 19.0. The molecule has 0 radical (unpaired) electrons. The van der Waals surface area contributed by atoms with Crippen LogP contribution in [0, 0.1) is 0 Å². The maximum atomic E-state index is 13.6. The summed E-state index contributed by atoms with van der Waals surface area (Å²) < 4.78 is 54.2. The Morgan fingerprint density at radius 2 is 2.06 bits per heavy atom. The molecule has 2 N–H and O–H groups in total. The number of rotatable bonds is 7. The molecule has 0 unspecified atom stereocenters. The lowest BCUT2D eigenvalue weighted by Crippen LogP contribution is -2.43. The minimum absolute atomic E-state index is 0.0947. The van der Waals surface area contributed by atoms with Gasteiger partial charge in [-0.2, -0.15) is 4.98 Å². The van der Waals surface area contributed by atoms with Crippen molar-refractivity contribution in [1.29, 1.82) is 0 Å². The number of halogens is 2. The van der Waals surface area contributed by atoms with E-state index in [2.05, 4.69) is 21.9 Å². The Hall–Kier alpha value is -2.44. The molecule has 34 heavy (non-hydrogen) atoms. The average Bonchev–Trinajstić information content (AvgIpc) is 3.12. The number of nitrogens with zero attached hydrogens (tertiary/aromatic N) is 4. The summed E-state index contributed by atoms with van der Waals surface area (Å²) >= 11 is 0. The van der Waals surface area contributed by atoms with Crippen molar-refractivity contribution in [2.24, 2.45) is 0 Å². The van der Waals surface area contributed by atoms with E-state index < -0.39 is 39.2 Å². The van der Waals surface area contributed by atoms with E-state index in [1.165, 1.54) is 21.1 Å². The summed E-state index contributed by atoms with van der Waals surface area (Å²) in [6.45, 7) is 5.77. The lowest BCUT2D eigenvalue weighted by molar-refractivity contribution is 0.0261. The number of piperidine rings is 1. The van der Waals surface area contributed by atoms with Crippen LogP contribution in [0.3, 0.4) is 0 Å². The number of hydrogen-bond acceptors (Lipinski definition) is 7. The van der Waals surface area contributed by atoms with Crippen LogP contribution in [-0.4, -0.2) is 62.8 Å². The summed E-state index contributed by atoms with van der Waals surface area (Å²) in [5.41, 5.74) is -2.54. The number of fused-ring (bicyclic) bond motifs is 1. The molecule has 2 aromatic heterocycles. The second-order valence-corrected chi connectivity index (χ2v) is 11.2. The Labute approximate surface area is 196 Å². The molecule has 2 aliphatic rings. The van der Waals surface area contributed by atoms with Crippen LogP contribution in [0.4, 0.5) is 14.7 Å². The van der Waals surface area contributed by atoms with Gasteiger partial charge in [-0.1, -0.05) is 6.08 Å². The van der Waals surface area contributed by atoms with Gasteiger partial charge in [-0.05, 0) is 45.1 Å². The lowest BCUT2D eigenvalue weighted by Gasteiger charge is -2.31. The van der Waals surface area contributed by atoms with Gasteiger partial charge in [-0.15, -0.1) is 6.58 Å². The third-order valence-corrected chi connectivity index (χ3v) is 8.54. The van der Waals surface area contributed by atoms with Crippen molar-refractivity contribution >= 4 is 27.0 Å². The first-order chi connectivity index (χ1) is 16.0.